The highest BCUT2D eigenvalue weighted by Crippen LogP contribution is 2.40. The van der Waals surface area contributed by atoms with Crippen LogP contribution in [0.25, 0.3) is 0 Å². The third-order valence-electron chi connectivity index (χ3n) is 3.44. The van der Waals surface area contributed by atoms with Crippen molar-refractivity contribution in [2.24, 2.45) is 0 Å². The van der Waals surface area contributed by atoms with E-state index in [0.717, 1.165) is 4.90 Å². The monoisotopic (exact) mass is 322 g/mol. The fourth-order valence-corrected chi connectivity index (χ4v) is 2.71. The molecular formula is C15H13ClNO5-. The number of aliphatic hydroxyl groups is 1. The molecule has 1 N–H and O–H groups in total. The number of rotatable bonds is 5. The molecule has 1 aromatic rings. The number of carboxylic acids is 1. The Morgan fingerprint density at radius 3 is 2.55 bits per heavy atom. The van der Waals surface area contributed by atoms with Crippen LogP contribution < -0.4 is 5.11 Å². The molecule has 1 unspecified atom stereocenters. The Labute approximate surface area is 131 Å². The molecule has 1 atom stereocenters. The van der Waals surface area contributed by atoms with E-state index in [4.69, 9.17) is 11.6 Å². The first-order valence-corrected chi connectivity index (χ1v) is 6.91. The first-order valence-electron chi connectivity index (χ1n) is 6.54. The van der Waals surface area contributed by atoms with Gasteiger partial charge >= 0.3 is 0 Å². The van der Waals surface area contributed by atoms with Crippen LogP contribution in [0.4, 0.5) is 0 Å². The number of amides is 1. The Morgan fingerprint density at radius 1 is 1.36 bits per heavy atom. The lowest BCUT2D eigenvalue weighted by Crippen LogP contribution is -2.35. The molecule has 7 heteroatoms. The average molecular weight is 323 g/mol. The molecule has 22 heavy (non-hydrogen) atoms. The summed E-state index contributed by atoms with van der Waals surface area (Å²) in [6, 6.07) is 5.66. The lowest BCUT2D eigenvalue weighted by Gasteiger charge is -2.27. The molecule has 0 saturated heterocycles. The van der Waals surface area contributed by atoms with Gasteiger partial charge in [0, 0.05) is 24.0 Å². The van der Waals surface area contributed by atoms with Crippen molar-refractivity contribution in [1.82, 2.24) is 4.90 Å². The van der Waals surface area contributed by atoms with E-state index in [-0.39, 0.29) is 12.1 Å². The SMILES string of the molecule is CC(=O)C1=C(O)C(=O)N(CCC(=O)[O-])C1c1ccccc1Cl. The maximum atomic E-state index is 12.1. The molecule has 0 bridgehead atoms. The molecule has 0 spiro atoms. The average Bonchev–Trinajstić information content (AvgIpc) is 2.69. The van der Waals surface area contributed by atoms with Gasteiger partial charge in [-0.15, -0.1) is 0 Å². The van der Waals surface area contributed by atoms with E-state index in [1.54, 1.807) is 24.3 Å². The molecule has 1 aliphatic rings. The van der Waals surface area contributed by atoms with Crippen LogP contribution in [-0.4, -0.2) is 34.2 Å². The van der Waals surface area contributed by atoms with Crippen molar-refractivity contribution < 1.29 is 24.6 Å². The van der Waals surface area contributed by atoms with Crippen LogP contribution in [0.1, 0.15) is 24.9 Å². The van der Waals surface area contributed by atoms with E-state index in [1.165, 1.54) is 6.92 Å². The predicted octanol–water partition coefficient (Wildman–Crippen LogP) is 0.764. The number of carbonyl (C=O) groups is 3. The van der Waals surface area contributed by atoms with Crippen LogP contribution in [0.5, 0.6) is 0 Å². The van der Waals surface area contributed by atoms with E-state index < -0.39 is 35.9 Å². The zero-order valence-electron chi connectivity index (χ0n) is 11.7. The molecule has 1 amide bonds. The fourth-order valence-electron chi connectivity index (χ4n) is 2.48. The zero-order valence-corrected chi connectivity index (χ0v) is 12.5. The number of nitrogens with zero attached hydrogens (tertiary/aromatic N) is 1. The van der Waals surface area contributed by atoms with Crippen molar-refractivity contribution in [2.75, 3.05) is 6.54 Å². The third-order valence-corrected chi connectivity index (χ3v) is 3.78. The summed E-state index contributed by atoms with van der Waals surface area (Å²) in [5, 5.41) is 20.9. The maximum Gasteiger partial charge on any atom is 0.290 e. The Balaban J connectivity index is 2.51. The van der Waals surface area contributed by atoms with Gasteiger partial charge in [-0.05, 0) is 18.6 Å². The minimum absolute atomic E-state index is 0.0866. The van der Waals surface area contributed by atoms with E-state index in [1.807, 2.05) is 0 Å². The van der Waals surface area contributed by atoms with Gasteiger partial charge in [0.05, 0.1) is 11.6 Å². The molecule has 116 valence electrons. The number of carboxylic acid groups (broad SMARTS) is 1. The summed E-state index contributed by atoms with van der Waals surface area (Å²) in [6.07, 6.45) is -0.412. The number of ketones is 1. The van der Waals surface area contributed by atoms with Gasteiger partial charge in [0.2, 0.25) is 0 Å². The van der Waals surface area contributed by atoms with Gasteiger partial charge in [0.1, 0.15) is 0 Å². The van der Waals surface area contributed by atoms with Gasteiger partial charge in [0.25, 0.3) is 5.91 Å². The van der Waals surface area contributed by atoms with Crippen molar-refractivity contribution in [3.8, 4) is 0 Å². The maximum absolute atomic E-state index is 12.1. The summed E-state index contributed by atoms with van der Waals surface area (Å²) in [5.74, 6) is -3.28. The molecule has 1 aliphatic heterocycles. The molecule has 0 aliphatic carbocycles. The topological polar surface area (TPSA) is 97.7 Å². The first kappa shape index (κ1) is 16.0. The number of Topliss-reactive ketones (excluding diaryl/α,β-unsaturated/α-hetero) is 1. The molecule has 2 rings (SSSR count). The van der Waals surface area contributed by atoms with E-state index >= 15 is 0 Å². The Morgan fingerprint density at radius 2 is 2.00 bits per heavy atom. The standard InChI is InChI=1S/C15H14ClNO5/c1-8(18)12-13(9-4-2-3-5-10(9)16)17(7-6-11(19)20)15(22)14(12)21/h2-5,13,21H,6-7H2,1H3,(H,19,20)/p-1. The normalized spacial score (nSPS) is 18.0. The number of aliphatic hydroxyl groups excluding tert-OH is 1. The van der Waals surface area contributed by atoms with Gasteiger partial charge in [0.15, 0.2) is 11.5 Å². The van der Waals surface area contributed by atoms with Gasteiger partial charge in [-0.3, -0.25) is 9.59 Å². The van der Waals surface area contributed by atoms with E-state index in [9.17, 15) is 24.6 Å². The molecule has 0 saturated carbocycles. The number of benzene rings is 1. The first-order chi connectivity index (χ1) is 10.3. The summed E-state index contributed by atoms with van der Waals surface area (Å²) in [4.78, 5) is 35.7. The summed E-state index contributed by atoms with van der Waals surface area (Å²) in [7, 11) is 0. The third kappa shape index (κ3) is 2.82. The van der Waals surface area contributed by atoms with Crippen LogP contribution in [0.2, 0.25) is 5.02 Å². The molecule has 0 radical (unpaired) electrons. The second kappa shape index (κ2) is 6.19. The van der Waals surface area contributed by atoms with Crippen molar-refractivity contribution in [3.63, 3.8) is 0 Å². The van der Waals surface area contributed by atoms with Gasteiger partial charge < -0.3 is 19.9 Å². The largest absolute Gasteiger partial charge is 0.550 e. The van der Waals surface area contributed by atoms with Crippen LogP contribution in [-0.2, 0) is 14.4 Å². The number of carbonyl (C=O) groups excluding carboxylic acids is 3. The molecule has 1 heterocycles. The van der Waals surface area contributed by atoms with Crippen molar-refractivity contribution in [2.45, 2.75) is 19.4 Å². The lowest BCUT2D eigenvalue weighted by atomic mass is 9.96. The molecule has 0 aromatic heterocycles. The second-order valence-corrected chi connectivity index (χ2v) is 5.27. The predicted molar refractivity (Wildman–Crippen MR) is 75.9 cm³/mol. The highest BCUT2D eigenvalue weighted by molar-refractivity contribution is 6.31. The van der Waals surface area contributed by atoms with Gasteiger partial charge in [-0.2, -0.15) is 0 Å². The van der Waals surface area contributed by atoms with Crippen LogP contribution in [0.15, 0.2) is 35.6 Å². The van der Waals surface area contributed by atoms with Crippen LogP contribution >= 0.6 is 11.6 Å². The summed E-state index contributed by atoms with van der Waals surface area (Å²) < 4.78 is 0. The highest BCUT2D eigenvalue weighted by atomic mass is 35.5. The minimum Gasteiger partial charge on any atom is -0.550 e. The lowest BCUT2D eigenvalue weighted by molar-refractivity contribution is -0.305. The summed E-state index contributed by atoms with van der Waals surface area (Å²) in [5.41, 5.74) is 0.363. The molecular weight excluding hydrogens is 310 g/mol. The molecule has 1 aromatic carbocycles. The smallest absolute Gasteiger partial charge is 0.290 e. The Bertz CT molecular complexity index is 682. The summed E-state index contributed by atoms with van der Waals surface area (Å²) >= 11 is 6.12. The number of halogens is 1. The van der Waals surface area contributed by atoms with Crippen molar-refractivity contribution in [3.05, 3.63) is 46.2 Å². The molecule has 0 fully saturated rings. The fraction of sp³-hybridized carbons (Fsp3) is 0.267. The van der Waals surface area contributed by atoms with Crippen LogP contribution in [0, 0.1) is 0 Å². The number of aliphatic carboxylic acids is 1. The molecule has 6 nitrogen and oxygen atoms in total. The quantitative estimate of drug-likeness (QED) is 0.863. The summed E-state index contributed by atoms with van der Waals surface area (Å²) in [6.45, 7) is 1.03. The van der Waals surface area contributed by atoms with Gasteiger partial charge in [-0.25, -0.2) is 0 Å². The minimum atomic E-state index is -1.33. The number of hydrogen-bond donors (Lipinski definition) is 1. The van der Waals surface area contributed by atoms with E-state index in [2.05, 4.69) is 0 Å². The number of hydrogen-bond acceptors (Lipinski definition) is 5. The van der Waals surface area contributed by atoms with Gasteiger partial charge in [-0.1, -0.05) is 29.8 Å². The van der Waals surface area contributed by atoms with Crippen molar-refractivity contribution in [1.29, 1.82) is 0 Å². The second-order valence-electron chi connectivity index (χ2n) is 4.86. The Hall–Kier alpha value is -2.34. The highest BCUT2D eigenvalue weighted by Gasteiger charge is 2.42. The Kier molecular flexibility index (Phi) is 4.51. The zero-order chi connectivity index (χ0) is 16.4. The van der Waals surface area contributed by atoms with Crippen LogP contribution in [0.3, 0.4) is 0 Å². The van der Waals surface area contributed by atoms with E-state index in [0.29, 0.717) is 10.6 Å². The van der Waals surface area contributed by atoms with Crippen molar-refractivity contribution >= 4 is 29.3 Å².